The molecule has 0 N–H and O–H groups in total. The second-order valence-corrected chi connectivity index (χ2v) is 7.42. The third-order valence-electron chi connectivity index (χ3n) is 5.30. The van der Waals surface area contributed by atoms with Crippen LogP contribution in [0.5, 0.6) is 0 Å². The predicted molar refractivity (Wildman–Crippen MR) is 110 cm³/mol. The van der Waals surface area contributed by atoms with E-state index in [2.05, 4.69) is 10.1 Å². The molecule has 0 aliphatic carbocycles. The van der Waals surface area contributed by atoms with Gasteiger partial charge in [0.2, 0.25) is 11.7 Å². The van der Waals surface area contributed by atoms with Crippen molar-refractivity contribution in [2.75, 3.05) is 31.1 Å². The van der Waals surface area contributed by atoms with Gasteiger partial charge >= 0.3 is 6.18 Å². The van der Waals surface area contributed by atoms with Gasteiger partial charge in [0.1, 0.15) is 6.07 Å². The molecule has 1 saturated heterocycles. The van der Waals surface area contributed by atoms with Crippen LogP contribution in [0, 0.1) is 21.4 Å². The number of benzene rings is 2. The number of non-ortho nitro benzene ring substituents is 1. The number of hydrogen-bond donors (Lipinski definition) is 0. The van der Waals surface area contributed by atoms with Crippen molar-refractivity contribution >= 4 is 11.4 Å². The van der Waals surface area contributed by atoms with Crippen molar-refractivity contribution < 1.29 is 22.6 Å². The molecule has 2 aromatic carbocycles. The van der Waals surface area contributed by atoms with Crippen LogP contribution in [0.2, 0.25) is 0 Å². The summed E-state index contributed by atoms with van der Waals surface area (Å²) in [5.74, 6) is 0.364. The molecule has 0 saturated carbocycles. The van der Waals surface area contributed by atoms with Crippen LogP contribution >= 0.6 is 0 Å². The fourth-order valence-electron chi connectivity index (χ4n) is 3.61. The van der Waals surface area contributed by atoms with E-state index < -0.39 is 16.7 Å². The molecule has 1 aromatic heterocycles. The van der Waals surface area contributed by atoms with Gasteiger partial charge in [0.25, 0.3) is 5.69 Å². The van der Waals surface area contributed by atoms with Crippen molar-refractivity contribution in [2.24, 2.45) is 0 Å². The number of nitriles is 1. The Morgan fingerprint density at radius 2 is 1.91 bits per heavy atom. The molecule has 0 bridgehead atoms. The second-order valence-electron chi connectivity index (χ2n) is 7.42. The van der Waals surface area contributed by atoms with Crippen LogP contribution < -0.4 is 4.90 Å². The normalized spacial score (nSPS) is 14.8. The summed E-state index contributed by atoms with van der Waals surface area (Å²) in [5.41, 5.74) is 0.159. The Morgan fingerprint density at radius 1 is 1.15 bits per heavy atom. The molecule has 0 radical (unpaired) electrons. The van der Waals surface area contributed by atoms with E-state index in [4.69, 9.17) is 4.52 Å². The lowest BCUT2D eigenvalue weighted by molar-refractivity contribution is -0.384. The minimum absolute atomic E-state index is 0.0827. The molecular formula is C21H17F3N6O3. The summed E-state index contributed by atoms with van der Waals surface area (Å²) in [4.78, 5) is 18.6. The Kier molecular flexibility index (Phi) is 5.97. The van der Waals surface area contributed by atoms with Crippen LogP contribution in [0.3, 0.4) is 0 Å². The summed E-state index contributed by atoms with van der Waals surface area (Å²) in [6.07, 6.45) is -4.46. The molecule has 12 heteroatoms. The van der Waals surface area contributed by atoms with Gasteiger partial charge in [-0.2, -0.15) is 23.4 Å². The van der Waals surface area contributed by atoms with Crippen molar-refractivity contribution in [1.82, 2.24) is 15.0 Å². The zero-order valence-electron chi connectivity index (χ0n) is 17.1. The average Bonchev–Trinajstić information content (AvgIpc) is 3.27. The summed E-state index contributed by atoms with van der Waals surface area (Å²) in [7, 11) is 0. The molecule has 0 spiro atoms. The first-order valence-electron chi connectivity index (χ1n) is 9.90. The van der Waals surface area contributed by atoms with Crippen molar-refractivity contribution in [3.63, 3.8) is 0 Å². The molecule has 9 nitrogen and oxygen atoms in total. The topological polar surface area (TPSA) is 112 Å². The molecule has 33 heavy (non-hydrogen) atoms. The number of rotatable bonds is 5. The van der Waals surface area contributed by atoms with Gasteiger partial charge in [0.15, 0.2) is 0 Å². The molecule has 1 aliphatic rings. The highest BCUT2D eigenvalue weighted by Gasteiger charge is 2.31. The predicted octanol–water partition coefficient (Wildman–Crippen LogP) is 3.86. The number of hydrogen-bond acceptors (Lipinski definition) is 8. The van der Waals surface area contributed by atoms with Gasteiger partial charge in [-0.05, 0) is 18.2 Å². The quantitative estimate of drug-likeness (QED) is 0.419. The summed E-state index contributed by atoms with van der Waals surface area (Å²) >= 11 is 0. The number of aromatic nitrogens is 2. The van der Waals surface area contributed by atoms with Crippen molar-refractivity contribution in [2.45, 2.75) is 12.7 Å². The van der Waals surface area contributed by atoms with E-state index >= 15 is 0 Å². The number of alkyl halides is 3. The van der Waals surface area contributed by atoms with Gasteiger partial charge in [-0.25, -0.2) is 0 Å². The van der Waals surface area contributed by atoms with Crippen LogP contribution in [-0.4, -0.2) is 46.1 Å². The zero-order chi connectivity index (χ0) is 23.6. The molecule has 1 aliphatic heterocycles. The zero-order valence-corrected chi connectivity index (χ0v) is 17.1. The number of nitro groups is 1. The molecule has 4 rings (SSSR count). The first kappa shape index (κ1) is 22.2. The van der Waals surface area contributed by atoms with Gasteiger partial charge in [-0.3, -0.25) is 15.0 Å². The molecule has 0 unspecified atom stereocenters. The number of piperazine rings is 1. The highest BCUT2D eigenvalue weighted by molar-refractivity contribution is 5.63. The average molecular weight is 458 g/mol. The van der Waals surface area contributed by atoms with E-state index in [0.29, 0.717) is 38.4 Å². The Hall–Kier alpha value is -3.98. The summed E-state index contributed by atoms with van der Waals surface area (Å²) < 4.78 is 44.0. The summed E-state index contributed by atoms with van der Waals surface area (Å²) in [5, 5.41) is 24.1. The number of nitro benzene ring substituents is 1. The second kappa shape index (κ2) is 8.87. The highest BCUT2D eigenvalue weighted by Crippen LogP contribution is 2.31. The van der Waals surface area contributed by atoms with Gasteiger partial charge in [-0.1, -0.05) is 17.3 Å². The van der Waals surface area contributed by atoms with Crippen molar-refractivity contribution in [3.8, 4) is 17.5 Å². The molecule has 1 fully saturated rings. The van der Waals surface area contributed by atoms with Crippen molar-refractivity contribution in [3.05, 3.63) is 69.6 Å². The maximum absolute atomic E-state index is 12.9. The number of anilines is 1. The van der Waals surface area contributed by atoms with E-state index in [1.165, 1.54) is 24.3 Å². The fourth-order valence-corrected chi connectivity index (χ4v) is 3.61. The van der Waals surface area contributed by atoms with Crippen LogP contribution in [0.15, 0.2) is 47.0 Å². The SMILES string of the molecule is N#Cc1cc([N+](=O)[O-])ccc1N1CCN(Cc2nc(-c3cccc(C(F)(F)F)c3)no2)CC1. The molecule has 170 valence electrons. The largest absolute Gasteiger partial charge is 0.416 e. The van der Waals surface area contributed by atoms with E-state index in [0.717, 1.165) is 12.1 Å². The Labute approximate surface area is 185 Å². The van der Waals surface area contributed by atoms with Gasteiger partial charge in [0.05, 0.1) is 28.3 Å². The minimum atomic E-state index is -4.46. The molecule has 0 atom stereocenters. The maximum Gasteiger partial charge on any atom is 0.416 e. The maximum atomic E-state index is 12.9. The number of nitrogens with zero attached hydrogens (tertiary/aromatic N) is 6. The van der Waals surface area contributed by atoms with E-state index in [1.54, 1.807) is 6.07 Å². The van der Waals surface area contributed by atoms with Gasteiger partial charge in [0, 0.05) is 43.9 Å². The molecule has 3 aromatic rings. The van der Waals surface area contributed by atoms with Gasteiger partial charge in [-0.15, -0.1) is 0 Å². The lowest BCUT2D eigenvalue weighted by atomic mass is 10.1. The van der Waals surface area contributed by atoms with E-state index in [1.807, 2.05) is 15.9 Å². The highest BCUT2D eigenvalue weighted by atomic mass is 19.4. The first-order valence-corrected chi connectivity index (χ1v) is 9.90. The van der Waals surface area contributed by atoms with E-state index in [-0.39, 0.29) is 28.5 Å². The lowest BCUT2D eigenvalue weighted by Crippen LogP contribution is -2.46. The number of halogens is 3. The van der Waals surface area contributed by atoms with E-state index in [9.17, 15) is 28.5 Å². The summed E-state index contributed by atoms with van der Waals surface area (Å²) in [6.45, 7) is 2.67. The monoisotopic (exact) mass is 458 g/mol. The minimum Gasteiger partial charge on any atom is -0.368 e. The molecule has 2 heterocycles. The molecule has 0 amide bonds. The van der Waals surface area contributed by atoms with Gasteiger partial charge < -0.3 is 9.42 Å². The smallest absolute Gasteiger partial charge is 0.368 e. The van der Waals surface area contributed by atoms with Crippen LogP contribution in [-0.2, 0) is 12.7 Å². The summed E-state index contributed by atoms with van der Waals surface area (Å²) in [6, 6.07) is 10.9. The lowest BCUT2D eigenvalue weighted by Gasteiger charge is -2.35. The standard InChI is InChI=1S/C21H17F3N6O3/c22-21(23,24)16-3-1-2-14(10-16)20-26-19(33-27-20)13-28-6-8-29(9-7-28)18-5-4-17(30(31)32)11-15(18)12-25/h1-5,10-11H,6-9,13H2. The van der Waals surface area contributed by atoms with Crippen LogP contribution in [0.25, 0.3) is 11.4 Å². The Bertz CT molecular complexity index is 1210. The Morgan fingerprint density at radius 3 is 2.58 bits per heavy atom. The fraction of sp³-hybridized carbons (Fsp3) is 0.286. The van der Waals surface area contributed by atoms with Crippen molar-refractivity contribution in [1.29, 1.82) is 5.26 Å². The Balaban J connectivity index is 1.39. The third-order valence-corrected chi connectivity index (χ3v) is 5.30. The molecular weight excluding hydrogens is 441 g/mol. The third kappa shape index (κ3) is 4.93. The van der Waals surface area contributed by atoms with Crippen LogP contribution in [0.1, 0.15) is 17.0 Å². The van der Waals surface area contributed by atoms with Crippen LogP contribution in [0.4, 0.5) is 24.5 Å². The first-order chi connectivity index (χ1) is 15.7.